The molecule has 3 rings (SSSR count). The van der Waals surface area contributed by atoms with Gasteiger partial charge in [-0.25, -0.2) is 4.98 Å². The third-order valence-corrected chi connectivity index (χ3v) is 4.60. The van der Waals surface area contributed by atoms with E-state index in [1.807, 2.05) is 41.8 Å². The summed E-state index contributed by atoms with van der Waals surface area (Å²) < 4.78 is 10.9. The first-order valence-corrected chi connectivity index (χ1v) is 9.48. The van der Waals surface area contributed by atoms with Crippen LogP contribution in [0.25, 0.3) is 16.6 Å². The molecule has 5 nitrogen and oxygen atoms in total. The van der Waals surface area contributed by atoms with E-state index in [4.69, 9.17) is 9.47 Å². The van der Waals surface area contributed by atoms with Crippen LogP contribution in [0.4, 0.5) is 5.69 Å². The standard InChI is InChI=1S/C22H20N2O3S/c1-3-12-27-19-9-7-16(14-20(19)26-2)8-10-21(25)24-18-6-4-5-17(15-18)22-23-11-13-28-22/h3-11,13-15H,1,12H2,2H3,(H,24,25)/b10-8+. The number of nitrogens with one attached hydrogen (secondary N) is 1. The van der Waals surface area contributed by atoms with Gasteiger partial charge in [0.2, 0.25) is 5.91 Å². The van der Waals surface area contributed by atoms with Crippen LogP contribution < -0.4 is 14.8 Å². The Morgan fingerprint density at radius 3 is 2.89 bits per heavy atom. The van der Waals surface area contributed by atoms with Gasteiger partial charge in [0, 0.05) is 28.9 Å². The van der Waals surface area contributed by atoms with Gasteiger partial charge in [0.05, 0.1) is 7.11 Å². The molecular weight excluding hydrogens is 372 g/mol. The zero-order valence-electron chi connectivity index (χ0n) is 15.4. The van der Waals surface area contributed by atoms with Gasteiger partial charge in [-0.2, -0.15) is 0 Å². The summed E-state index contributed by atoms with van der Waals surface area (Å²) >= 11 is 1.56. The Labute approximate surface area is 168 Å². The van der Waals surface area contributed by atoms with E-state index < -0.39 is 0 Å². The molecular formula is C22H20N2O3S. The van der Waals surface area contributed by atoms with Crippen LogP contribution in [0.15, 0.2) is 72.8 Å². The molecule has 0 aliphatic carbocycles. The van der Waals surface area contributed by atoms with E-state index in [0.29, 0.717) is 23.8 Å². The van der Waals surface area contributed by atoms with Crippen molar-refractivity contribution in [2.24, 2.45) is 0 Å². The van der Waals surface area contributed by atoms with E-state index in [9.17, 15) is 4.79 Å². The Balaban J connectivity index is 1.67. The van der Waals surface area contributed by atoms with Crippen molar-refractivity contribution in [2.75, 3.05) is 19.0 Å². The Morgan fingerprint density at radius 1 is 1.25 bits per heavy atom. The zero-order valence-corrected chi connectivity index (χ0v) is 16.2. The molecule has 0 radical (unpaired) electrons. The number of carbonyl (C=O) groups excluding carboxylic acids is 1. The fraction of sp³-hybridized carbons (Fsp3) is 0.0909. The Morgan fingerprint density at radius 2 is 2.14 bits per heavy atom. The van der Waals surface area contributed by atoms with E-state index in [0.717, 1.165) is 16.1 Å². The maximum Gasteiger partial charge on any atom is 0.248 e. The van der Waals surface area contributed by atoms with Gasteiger partial charge in [0.15, 0.2) is 11.5 Å². The molecule has 1 aromatic heterocycles. The van der Waals surface area contributed by atoms with Crippen LogP contribution in [0.5, 0.6) is 11.5 Å². The lowest BCUT2D eigenvalue weighted by molar-refractivity contribution is -0.111. The molecule has 0 unspecified atom stereocenters. The topological polar surface area (TPSA) is 60.5 Å². The highest BCUT2D eigenvalue weighted by molar-refractivity contribution is 7.13. The second-order valence-corrected chi connectivity index (χ2v) is 6.65. The minimum atomic E-state index is -0.220. The lowest BCUT2D eigenvalue weighted by atomic mass is 10.2. The van der Waals surface area contributed by atoms with Gasteiger partial charge in [-0.15, -0.1) is 11.3 Å². The predicted octanol–water partition coefficient (Wildman–Crippen LogP) is 5.04. The number of methoxy groups -OCH3 is 1. The number of amides is 1. The third-order valence-electron chi connectivity index (χ3n) is 3.78. The molecule has 142 valence electrons. The maximum absolute atomic E-state index is 12.3. The van der Waals surface area contributed by atoms with E-state index in [1.165, 1.54) is 6.08 Å². The molecule has 0 saturated heterocycles. The second kappa shape index (κ2) is 9.53. The molecule has 0 aliphatic rings. The highest BCUT2D eigenvalue weighted by Gasteiger charge is 2.06. The van der Waals surface area contributed by atoms with Gasteiger partial charge < -0.3 is 14.8 Å². The van der Waals surface area contributed by atoms with Crippen LogP contribution in [-0.2, 0) is 4.79 Å². The van der Waals surface area contributed by atoms with Crippen molar-refractivity contribution in [3.63, 3.8) is 0 Å². The number of ether oxygens (including phenoxy) is 2. The largest absolute Gasteiger partial charge is 0.493 e. The summed E-state index contributed by atoms with van der Waals surface area (Å²) in [5.41, 5.74) is 2.51. The van der Waals surface area contributed by atoms with Gasteiger partial charge in [0.1, 0.15) is 11.6 Å². The van der Waals surface area contributed by atoms with E-state index in [2.05, 4.69) is 16.9 Å². The van der Waals surface area contributed by atoms with E-state index >= 15 is 0 Å². The smallest absolute Gasteiger partial charge is 0.248 e. The molecule has 28 heavy (non-hydrogen) atoms. The Hall–Kier alpha value is -3.38. The number of aromatic nitrogens is 1. The van der Waals surface area contributed by atoms with Crippen LogP contribution >= 0.6 is 11.3 Å². The van der Waals surface area contributed by atoms with Gasteiger partial charge in [-0.1, -0.05) is 30.9 Å². The lowest BCUT2D eigenvalue weighted by Gasteiger charge is -2.09. The van der Waals surface area contributed by atoms with Crippen molar-refractivity contribution in [3.8, 4) is 22.1 Å². The summed E-state index contributed by atoms with van der Waals surface area (Å²) in [6.07, 6.45) is 6.63. The average Bonchev–Trinajstić information content (AvgIpc) is 3.26. The molecule has 1 heterocycles. The number of carbonyl (C=O) groups is 1. The van der Waals surface area contributed by atoms with Crippen molar-refractivity contribution < 1.29 is 14.3 Å². The van der Waals surface area contributed by atoms with Gasteiger partial charge >= 0.3 is 0 Å². The van der Waals surface area contributed by atoms with E-state index in [1.54, 1.807) is 42.9 Å². The summed E-state index contributed by atoms with van der Waals surface area (Å²) in [6, 6.07) is 13.1. The first-order valence-electron chi connectivity index (χ1n) is 8.60. The summed E-state index contributed by atoms with van der Waals surface area (Å²) in [6.45, 7) is 4.02. The number of benzene rings is 2. The fourth-order valence-corrected chi connectivity index (χ4v) is 3.14. The SMILES string of the molecule is C=CCOc1ccc(/C=C/C(=O)Nc2cccc(-c3nccs3)c2)cc1OC. The Bertz CT molecular complexity index is 981. The minimum absolute atomic E-state index is 0.220. The molecule has 3 aromatic rings. The van der Waals surface area contributed by atoms with Crippen LogP contribution in [0.3, 0.4) is 0 Å². The first kappa shape index (κ1) is 19.4. The summed E-state index contributed by atoms with van der Waals surface area (Å²) in [4.78, 5) is 16.6. The molecule has 0 bridgehead atoms. The van der Waals surface area contributed by atoms with E-state index in [-0.39, 0.29) is 5.91 Å². The minimum Gasteiger partial charge on any atom is -0.493 e. The molecule has 2 aromatic carbocycles. The lowest BCUT2D eigenvalue weighted by Crippen LogP contribution is -2.07. The Kier molecular flexibility index (Phi) is 6.59. The van der Waals surface area contributed by atoms with Crippen LogP contribution in [-0.4, -0.2) is 24.6 Å². The van der Waals surface area contributed by atoms with Crippen molar-refractivity contribution in [1.29, 1.82) is 0 Å². The highest BCUT2D eigenvalue weighted by atomic mass is 32.1. The monoisotopic (exact) mass is 392 g/mol. The fourth-order valence-electron chi connectivity index (χ4n) is 2.51. The van der Waals surface area contributed by atoms with Crippen molar-refractivity contribution in [1.82, 2.24) is 4.98 Å². The molecule has 1 N–H and O–H groups in total. The molecule has 1 amide bonds. The number of nitrogens with zero attached hydrogens (tertiary/aromatic N) is 1. The van der Waals surface area contributed by atoms with Crippen molar-refractivity contribution in [2.45, 2.75) is 0 Å². The van der Waals surface area contributed by atoms with Crippen LogP contribution in [0.2, 0.25) is 0 Å². The van der Waals surface area contributed by atoms with Crippen molar-refractivity contribution in [3.05, 3.63) is 78.3 Å². The van der Waals surface area contributed by atoms with Gasteiger partial charge in [0.25, 0.3) is 0 Å². The zero-order chi connectivity index (χ0) is 19.8. The predicted molar refractivity (Wildman–Crippen MR) is 114 cm³/mol. The molecule has 0 saturated carbocycles. The second-order valence-electron chi connectivity index (χ2n) is 5.75. The average molecular weight is 392 g/mol. The number of thiazole rings is 1. The molecule has 0 fully saturated rings. The highest BCUT2D eigenvalue weighted by Crippen LogP contribution is 2.28. The molecule has 0 atom stereocenters. The number of rotatable bonds is 8. The van der Waals surface area contributed by atoms with Gasteiger partial charge in [-0.3, -0.25) is 4.79 Å². The van der Waals surface area contributed by atoms with Gasteiger partial charge in [-0.05, 0) is 35.9 Å². The summed E-state index contributed by atoms with van der Waals surface area (Å²) in [5.74, 6) is 1.01. The molecule has 0 aliphatic heterocycles. The van der Waals surface area contributed by atoms with Crippen LogP contribution in [0.1, 0.15) is 5.56 Å². The third kappa shape index (κ3) is 5.08. The number of hydrogen-bond acceptors (Lipinski definition) is 5. The summed E-state index contributed by atoms with van der Waals surface area (Å²) in [5, 5.41) is 5.70. The number of anilines is 1. The normalized spacial score (nSPS) is 10.6. The summed E-state index contributed by atoms with van der Waals surface area (Å²) in [7, 11) is 1.58. The van der Waals surface area contributed by atoms with Crippen molar-refractivity contribution >= 4 is 29.0 Å². The number of hydrogen-bond donors (Lipinski definition) is 1. The first-order chi connectivity index (χ1) is 13.7. The van der Waals surface area contributed by atoms with Crippen LogP contribution in [0, 0.1) is 0 Å². The molecule has 0 spiro atoms. The maximum atomic E-state index is 12.3. The molecule has 6 heteroatoms. The quantitative estimate of drug-likeness (QED) is 0.431.